The maximum absolute atomic E-state index is 9.91. The number of hydrogen-bond acceptors (Lipinski definition) is 3. The van der Waals surface area contributed by atoms with Crippen LogP contribution in [0.3, 0.4) is 0 Å². The van der Waals surface area contributed by atoms with E-state index in [1.807, 2.05) is 24.3 Å². The van der Waals surface area contributed by atoms with Crippen LogP contribution in [0.2, 0.25) is 0 Å². The molecule has 0 aliphatic carbocycles. The zero-order valence-electron chi connectivity index (χ0n) is 7.78. The average Bonchev–Trinajstić information content (AvgIpc) is 2.15. The largest absolute Gasteiger partial charge is 0.347 e. The molecular formula is C10H13NO2. The molecule has 3 nitrogen and oxygen atoms in total. The normalized spacial score (nSPS) is 9.77. The molecule has 0 saturated carbocycles. The summed E-state index contributed by atoms with van der Waals surface area (Å²) in [5.74, 6) is 0.470. The summed E-state index contributed by atoms with van der Waals surface area (Å²) >= 11 is 0. The van der Waals surface area contributed by atoms with Crippen molar-refractivity contribution in [1.82, 2.24) is 0 Å². The lowest BCUT2D eigenvalue weighted by molar-refractivity contribution is -0.126. The van der Waals surface area contributed by atoms with Crippen LogP contribution >= 0.6 is 0 Å². The Labute approximate surface area is 77.7 Å². The van der Waals surface area contributed by atoms with Gasteiger partial charge in [-0.3, -0.25) is 4.79 Å². The third-order valence-corrected chi connectivity index (χ3v) is 1.78. The standard InChI is InChI=1S/C10H13NO2/c1-8(2)9-4-3-5-10(6-9)11-13-7-12/h3-8,11H,1-2H3. The molecule has 0 radical (unpaired) electrons. The van der Waals surface area contributed by atoms with Gasteiger partial charge in [0.05, 0.1) is 5.69 Å². The van der Waals surface area contributed by atoms with E-state index in [0.717, 1.165) is 5.69 Å². The lowest BCUT2D eigenvalue weighted by Crippen LogP contribution is -1.99. The zero-order valence-corrected chi connectivity index (χ0v) is 7.78. The first-order valence-corrected chi connectivity index (χ1v) is 4.19. The summed E-state index contributed by atoms with van der Waals surface area (Å²) in [6.45, 7) is 4.58. The number of nitrogens with one attached hydrogen (secondary N) is 1. The highest BCUT2D eigenvalue weighted by atomic mass is 16.7. The summed E-state index contributed by atoms with van der Waals surface area (Å²) in [6.07, 6.45) is 0. The van der Waals surface area contributed by atoms with Crippen molar-refractivity contribution < 1.29 is 9.63 Å². The fraction of sp³-hybridized carbons (Fsp3) is 0.300. The van der Waals surface area contributed by atoms with E-state index in [2.05, 4.69) is 24.2 Å². The van der Waals surface area contributed by atoms with Crippen LogP contribution in [-0.4, -0.2) is 6.47 Å². The predicted molar refractivity (Wildman–Crippen MR) is 51.3 cm³/mol. The van der Waals surface area contributed by atoms with Gasteiger partial charge in [-0.15, -0.1) is 0 Å². The minimum Gasteiger partial charge on any atom is -0.347 e. The molecule has 1 aromatic rings. The van der Waals surface area contributed by atoms with Crippen molar-refractivity contribution in [1.29, 1.82) is 0 Å². The molecule has 0 atom stereocenters. The van der Waals surface area contributed by atoms with Crippen molar-refractivity contribution in [2.45, 2.75) is 19.8 Å². The number of carbonyl (C=O) groups is 1. The van der Waals surface area contributed by atoms with Crippen molar-refractivity contribution in [3.05, 3.63) is 29.8 Å². The molecule has 13 heavy (non-hydrogen) atoms. The van der Waals surface area contributed by atoms with Crippen LogP contribution < -0.4 is 5.48 Å². The summed E-state index contributed by atoms with van der Waals surface area (Å²) in [4.78, 5) is 14.3. The quantitative estimate of drug-likeness (QED) is 0.569. The molecular weight excluding hydrogens is 166 g/mol. The van der Waals surface area contributed by atoms with Gasteiger partial charge in [0.1, 0.15) is 0 Å². The van der Waals surface area contributed by atoms with Crippen LogP contribution in [0.5, 0.6) is 0 Å². The smallest absolute Gasteiger partial charge is 0.320 e. The van der Waals surface area contributed by atoms with E-state index in [1.54, 1.807) is 0 Å². The highest BCUT2D eigenvalue weighted by Gasteiger charge is 1.99. The lowest BCUT2D eigenvalue weighted by atomic mass is 10.0. The third-order valence-electron chi connectivity index (χ3n) is 1.78. The topological polar surface area (TPSA) is 38.3 Å². The van der Waals surface area contributed by atoms with Crippen LogP contribution in [0.25, 0.3) is 0 Å². The molecule has 0 aliphatic rings. The number of hydrogen-bond donors (Lipinski definition) is 1. The second kappa shape index (κ2) is 4.50. The number of carbonyl (C=O) groups excluding carboxylic acids is 1. The van der Waals surface area contributed by atoms with Gasteiger partial charge >= 0.3 is 6.47 Å². The molecule has 0 unspecified atom stereocenters. The summed E-state index contributed by atoms with van der Waals surface area (Å²) in [6, 6.07) is 7.76. The van der Waals surface area contributed by atoms with Crippen LogP contribution in [0, 0.1) is 0 Å². The van der Waals surface area contributed by atoms with Gasteiger partial charge < -0.3 is 4.84 Å². The van der Waals surface area contributed by atoms with Crippen LogP contribution in [0.1, 0.15) is 25.3 Å². The number of rotatable bonds is 4. The molecule has 0 saturated heterocycles. The van der Waals surface area contributed by atoms with Gasteiger partial charge in [0.15, 0.2) is 0 Å². The molecule has 0 aliphatic heterocycles. The van der Waals surface area contributed by atoms with E-state index in [4.69, 9.17) is 0 Å². The number of anilines is 1. The van der Waals surface area contributed by atoms with Crippen molar-refractivity contribution in [3.8, 4) is 0 Å². The van der Waals surface area contributed by atoms with Gasteiger partial charge in [-0.25, -0.2) is 5.48 Å². The third kappa shape index (κ3) is 2.78. The summed E-state index contributed by atoms with van der Waals surface area (Å²) in [5.41, 5.74) is 4.52. The Morgan fingerprint density at radius 2 is 2.23 bits per heavy atom. The van der Waals surface area contributed by atoms with E-state index < -0.39 is 0 Å². The van der Waals surface area contributed by atoms with Crippen molar-refractivity contribution in [2.75, 3.05) is 5.48 Å². The summed E-state index contributed by atoms with van der Waals surface area (Å²) in [7, 11) is 0. The summed E-state index contributed by atoms with van der Waals surface area (Å²) in [5, 5.41) is 0. The van der Waals surface area contributed by atoms with Gasteiger partial charge in [0, 0.05) is 0 Å². The van der Waals surface area contributed by atoms with E-state index in [-0.39, 0.29) is 0 Å². The predicted octanol–water partition coefficient (Wildman–Crippen LogP) is 2.31. The lowest BCUT2D eigenvalue weighted by Gasteiger charge is -2.07. The average molecular weight is 179 g/mol. The first-order chi connectivity index (χ1) is 6.24. The number of benzene rings is 1. The molecule has 0 aromatic heterocycles. The molecule has 0 heterocycles. The monoisotopic (exact) mass is 179 g/mol. The SMILES string of the molecule is CC(C)c1cccc(NOC=O)c1. The highest BCUT2D eigenvalue weighted by Crippen LogP contribution is 2.18. The van der Waals surface area contributed by atoms with E-state index >= 15 is 0 Å². The van der Waals surface area contributed by atoms with Gasteiger partial charge in [-0.2, -0.15) is 0 Å². The van der Waals surface area contributed by atoms with Crippen molar-refractivity contribution in [3.63, 3.8) is 0 Å². The van der Waals surface area contributed by atoms with Crippen LogP contribution in [0.4, 0.5) is 5.69 Å². The summed E-state index contributed by atoms with van der Waals surface area (Å²) < 4.78 is 0. The van der Waals surface area contributed by atoms with Crippen molar-refractivity contribution in [2.24, 2.45) is 0 Å². The maximum Gasteiger partial charge on any atom is 0.320 e. The highest BCUT2D eigenvalue weighted by molar-refractivity contribution is 5.48. The molecule has 0 spiro atoms. The Balaban J connectivity index is 2.73. The molecule has 70 valence electrons. The first-order valence-electron chi connectivity index (χ1n) is 4.19. The molecule has 1 rings (SSSR count). The van der Waals surface area contributed by atoms with Gasteiger partial charge in [0.25, 0.3) is 0 Å². The first kappa shape index (κ1) is 9.58. The van der Waals surface area contributed by atoms with E-state index in [9.17, 15) is 4.79 Å². The van der Waals surface area contributed by atoms with Crippen LogP contribution in [0.15, 0.2) is 24.3 Å². The second-order valence-corrected chi connectivity index (χ2v) is 3.10. The molecule has 0 fully saturated rings. The fourth-order valence-corrected chi connectivity index (χ4v) is 1.05. The second-order valence-electron chi connectivity index (χ2n) is 3.10. The molecule has 1 N–H and O–H groups in total. The Bertz CT molecular complexity index is 284. The Morgan fingerprint density at radius 3 is 2.85 bits per heavy atom. The molecule has 1 aromatic carbocycles. The van der Waals surface area contributed by atoms with Crippen LogP contribution in [-0.2, 0) is 9.63 Å². The minimum absolute atomic E-state index is 0.363. The van der Waals surface area contributed by atoms with E-state index in [1.165, 1.54) is 5.56 Å². The molecule has 0 amide bonds. The zero-order chi connectivity index (χ0) is 9.68. The molecule has 0 bridgehead atoms. The molecule has 3 heteroatoms. The van der Waals surface area contributed by atoms with Crippen molar-refractivity contribution >= 4 is 12.2 Å². The van der Waals surface area contributed by atoms with Gasteiger partial charge in [-0.05, 0) is 23.6 Å². The van der Waals surface area contributed by atoms with E-state index in [0.29, 0.717) is 12.4 Å². The fourth-order valence-electron chi connectivity index (χ4n) is 1.05. The Morgan fingerprint density at radius 1 is 1.46 bits per heavy atom. The Kier molecular flexibility index (Phi) is 3.31. The van der Waals surface area contributed by atoms with Gasteiger partial charge in [0.2, 0.25) is 0 Å². The Hall–Kier alpha value is -1.51. The maximum atomic E-state index is 9.91. The minimum atomic E-state index is 0.363. The van der Waals surface area contributed by atoms with Gasteiger partial charge in [-0.1, -0.05) is 26.0 Å².